The van der Waals surface area contributed by atoms with Crippen LogP contribution in [0.25, 0.3) is 0 Å². The SMILES string of the molecule is COC(=O)CCCN1CCN(C2OC(=O)N(C3CCN(C(C)C)CC3)C2C)CC1. The van der Waals surface area contributed by atoms with Gasteiger partial charge < -0.3 is 19.3 Å². The van der Waals surface area contributed by atoms with Crippen LogP contribution in [0, 0.1) is 0 Å². The maximum absolute atomic E-state index is 12.7. The molecule has 8 heteroatoms. The van der Waals surface area contributed by atoms with Crippen LogP contribution in [0.1, 0.15) is 46.5 Å². The Morgan fingerprint density at radius 3 is 2.38 bits per heavy atom. The standard InChI is InChI=1S/C21H38N4O4/c1-16(2)23-10-7-18(8-11-23)25-17(3)20(29-21(25)27)24-14-12-22(13-15-24)9-5-6-19(26)28-4/h16-18,20H,5-15H2,1-4H3. The number of rotatable bonds is 7. The van der Waals surface area contributed by atoms with Gasteiger partial charge in [-0.1, -0.05) is 0 Å². The fourth-order valence-corrected chi connectivity index (χ4v) is 4.90. The van der Waals surface area contributed by atoms with Crippen molar-refractivity contribution < 1.29 is 19.1 Å². The summed E-state index contributed by atoms with van der Waals surface area (Å²) in [6, 6.07) is 0.941. The summed E-state index contributed by atoms with van der Waals surface area (Å²) in [4.78, 5) is 33.1. The topological polar surface area (TPSA) is 65.6 Å². The van der Waals surface area contributed by atoms with Crippen LogP contribution >= 0.6 is 0 Å². The zero-order valence-corrected chi connectivity index (χ0v) is 18.5. The molecule has 0 aromatic carbocycles. The van der Waals surface area contributed by atoms with E-state index in [2.05, 4.69) is 35.5 Å². The van der Waals surface area contributed by atoms with Gasteiger partial charge in [0.1, 0.15) is 0 Å². The molecule has 3 heterocycles. The highest BCUT2D eigenvalue weighted by Crippen LogP contribution is 2.29. The molecule has 0 aromatic heterocycles. The van der Waals surface area contributed by atoms with Crippen molar-refractivity contribution in [1.29, 1.82) is 0 Å². The van der Waals surface area contributed by atoms with Crippen molar-refractivity contribution in [3.8, 4) is 0 Å². The van der Waals surface area contributed by atoms with Crippen LogP contribution in [0.2, 0.25) is 0 Å². The summed E-state index contributed by atoms with van der Waals surface area (Å²) in [5.74, 6) is -0.144. The second-order valence-corrected chi connectivity index (χ2v) is 8.84. The maximum Gasteiger partial charge on any atom is 0.412 e. The first-order chi connectivity index (χ1) is 13.9. The lowest BCUT2D eigenvalue weighted by atomic mass is 10.0. The number of hydrogen-bond donors (Lipinski definition) is 0. The predicted molar refractivity (Wildman–Crippen MR) is 111 cm³/mol. The first-order valence-corrected chi connectivity index (χ1v) is 11.2. The fourth-order valence-electron chi connectivity index (χ4n) is 4.90. The van der Waals surface area contributed by atoms with E-state index in [0.29, 0.717) is 12.5 Å². The molecular weight excluding hydrogens is 372 g/mol. The van der Waals surface area contributed by atoms with Gasteiger partial charge in [0.15, 0.2) is 6.23 Å². The predicted octanol–water partition coefficient (Wildman–Crippen LogP) is 1.60. The largest absolute Gasteiger partial charge is 0.469 e. The molecule has 29 heavy (non-hydrogen) atoms. The molecule has 0 aliphatic carbocycles. The number of piperazine rings is 1. The summed E-state index contributed by atoms with van der Waals surface area (Å²) in [5, 5.41) is 0. The van der Waals surface area contributed by atoms with E-state index in [-0.39, 0.29) is 30.4 Å². The molecule has 2 atom stereocenters. The molecule has 3 rings (SSSR count). The minimum Gasteiger partial charge on any atom is -0.469 e. The number of piperidine rings is 1. The molecule has 8 nitrogen and oxygen atoms in total. The monoisotopic (exact) mass is 410 g/mol. The van der Waals surface area contributed by atoms with E-state index in [1.807, 2.05) is 4.90 Å². The smallest absolute Gasteiger partial charge is 0.412 e. The molecule has 3 fully saturated rings. The van der Waals surface area contributed by atoms with E-state index in [4.69, 9.17) is 9.47 Å². The summed E-state index contributed by atoms with van der Waals surface area (Å²) in [5.41, 5.74) is 0. The van der Waals surface area contributed by atoms with E-state index in [1.54, 1.807) is 0 Å². The van der Waals surface area contributed by atoms with E-state index >= 15 is 0 Å². The summed E-state index contributed by atoms with van der Waals surface area (Å²) in [7, 11) is 1.43. The third-order valence-corrected chi connectivity index (χ3v) is 6.76. The number of ether oxygens (including phenoxy) is 2. The normalized spacial score (nSPS) is 28.2. The van der Waals surface area contributed by atoms with Crippen molar-refractivity contribution in [2.75, 3.05) is 52.9 Å². The molecule has 3 saturated heterocycles. The number of carbonyl (C=O) groups is 2. The summed E-state index contributed by atoms with van der Waals surface area (Å²) >= 11 is 0. The van der Waals surface area contributed by atoms with Gasteiger partial charge in [-0.05, 0) is 46.6 Å². The highest BCUT2D eigenvalue weighted by Gasteiger charge is 2.46. The van der Waals surface area contributed by atoms with Crippen LogP contribution in [-0.2, 0) is 14.3 Å². The first-order valence-electron chi connectivity index (χ1n) is 11.2. The van der Waals surface area contributed by atoms with Crippen molar-refractivity contribution in [3.63, 3.8) is 0 Å². The van der Waals surface area contributed by atoms with Gasteiger partial charge in [-0.25, -0.2) is 4.79 Å². The Morgan fingerprint density at radius 1 is 1.14 bits per heavy atom. The van der Waals surface area contributed by atoms with Crippen LogP contribution in [0.3, 0.4) is 0 Å². The number of likely N-dealkylation sites (tertiary alicyclic amines) is 1. The third kappa shape index (κ3) is 5.41. The molecule has 3 aliphatic heterocycles. The average molecular weight is 411 g/mol. The number of nitrogens with zero attached hydrogens (tertiary/aromatic N) is 4. The highest BCUT2D eigenvalue weighted by molar-refractivity contribution is 5.71. The minimum absolute atomic E-state index is 0.0870. The molecule has 0 saturated carbocycles. The summed E-state index contributed by atoms with van der Waals surface area (Å²) < 4.78 is 10.5. The van der Waals surface area contributed by atoms with Crippen molar-refractivity contribution in [1.82, 2.24) is 19.6 Å². The van der Waals surface area contributed by atoms with Crippen LogP contribution in [-0.4, -0.2) is 109 Å². The van der Waals surface area contributed by atoms with Crippen molar-refractivity contribution in [2.45, 2.75) is 70.8 Å². The molecule has 0 radical (unpaired) electrons. The second kappa shape index (κ2) is 10.1. The number of hydrogen-bond acceptors (Lipinski definition) is 7. The number of cyclic esters (lactones) is 1. The molecule has 2 unspecified atom stereocenters. The molecule has 0 spiro atoms. The molecule has 0 bridgehead atoms. The lowest BCUT2D eigenvalue weighted by molar-refractivity contribution is -0.140. The van der Waals surface area contributed by atoms with Gasteiger partial charge in [0.25, 0.3) is 0 Å². The van der Waals surface area contributed by atoms with Crippen LogP contribution < -0.4 is 0 Å². The van der Waals surface area contributed by atoms with Gasteiger partial charge in [-0.3, -0.25) is 14.6 Å². The molecule has 0 aromatic rings. The Bertz CT molecular complexity index is 557. The average Bonchev–Trinajstić information content (AvgIpc) is 3.02. The van der Waals surface area contributed by atoms with E-state index in [9.17, 15) is 9.59 Å². The van der Waals surface area contributed by atoms with Gasteiger partial charge >= 0.3 is 12.1 Å². The number of carbonyl (C=O) groups excluding carboxylic acids is 2. The molecule has 3 aliphatic rings. The van der Waals surface area contributed by atoms with Gasteiger partial charge in [0, 0.05) is 57.8 Å². The Hall–Kier alpha value is -1.38. The fraction of sp³-hybridized carbons (Fsp3) is 0.905. The highest BCUT2D eigenvalue weighted by atomic mass is 16.6. The van der Waals surface area contributed by atoms with E-state index in [1.165, 1.54) is 7.11 Å². The number of esters is 1. The van der Waals surface area contributed by atoms with Gasteiger partial charge in [-0.2, -0.15) is 0 Å². The zero-order valence-electron chi connectivity index (χ0n) is 18.5. The zero-order chi connectivity index (χ0) is 21.0. The Morgan fingerprint density at radius 2 is 1.79 bits per heavy atom. The first kappa shape index (κ1) is 22.3. The summed E-state index contributed by atoms with van der Waals surface area (Å²) in [6.07, 6.45) is 3.05. The number of methoxy groups -OCH3 is 1. The van der Waals surface area contributed by atoms with E-state index < -0.39 is 0 Å². The molecule has 166 valence electrons. The second-order valence-electron chi connectivity index (χ2n) is 8.84. The Labute approximate surface area is 175 Å². The lowest BCUT2D eigenvalue weighted by Crippen LogP contribution is -2.55. The Kier molecular flexibility index (Phi) is 7.76. The van der Waals surface area contributed by atoms with Gasteiger partial charge in [0.2, 0.25) is 0 Å². The third-order valence-electron chi connectivity index (χ3n) is 6.76. The number of amides is 1. The Balaban J connectivity index is 1.45. The maximum atomic E-state index is 12.7. The van der Waals surface area contributed by atoms with E-state index in [0.717, 1.165) is 65.1 Å². The van der Waals surface area contributed by atoms with Crippen LogP contribution in [0.4, 0.5) is 4.79 Å². The van der Waals surface area contributed by atoms with Gasteiger partial charge in [0.05, 0.1) is 13.2 Å². The van der Waals surface area contributed by atoms with Crippen molar-refractivity contribution in [3.05, 3.63) is 0 Å². The summed E-state index contributed by atoms with van der Waals surface area (Å²) in [6.45, 7) is 13.3. The quantitative estimate of drug-likeness (QED) is 0.591. The minimum atomic E-state index is -0.150. The van der Waals surface area contributed by atoms with Gasteiger partial charge in [-0.15, -0.1) is 0 Å². The van der Waals surface area contributed by atoms with Crippen molar-refractivity contribution >= 4 is 12.1 Å². The molecule has 0 N–H and O–H groups in total. The van der Waals surface area contributed by atoms with Crippen molar-refractivity contribution in [2.24, 2.45) is 0 Å². The molecule has 1 amide bonds. The van der Waals surface area contributed by atoms with Crippen LogP contribution in [0.5, 0.6) is 0 Å². The van der Waals surface area contributed by atoms with Crippen LogP contribution in [0.15, 0.2) is 0 Å². The lowest BCUT2D eigenvalue weighted by Gasteiger charge is -2.41. The molecular formula is C21H38N4O4.